The van der Waals surface area contributed by atoms with E-state index in [1.54, 1.807) is 0 Å². The molecule has 0 aliphatic rings. The molecule has 0 amide bonds. The summed E-state index contributed by atoms with van der Waals surface area (Å²) in [5.74, 6) is -0.393. The van der Waals surface area contributed by atoms with E-state index >= 15 is 0 Å². The van der Waals surface area contributed by atoms with Gasteiger partial charge in [-0.1, -0.05) is 31.9 Å². The number of hydrogen-bond acceptors (Lipinski definition) is 2. The normalized spacial score (nSPS) is 12.5. The monoisotopic (exact) mass is 262 g/mol. The standard InChI is InChI=1S/C12H20F2O2Si/c1-3-11(15)16-10(2)8-6-4-5-7-9-17-12(13)14/h3,10,12H,1,4-9H2,2H3. The van der Waals surface area contributed by atoms with Crippen LogP contribution >= 0.6 is 0 Å². The Morgan fingerprint density at radius 3 is 2.59 bits per heavy atom. The number of esters is 1. The Morgan fingerprint density at radius 2 is 2.00 bits per heavy atom. The maximum Gasteiger partial charge on any atom is 0.330 e. The predicted molar refractivity (Wildman–Crippen MR) is 65.4 cm³/mol. The van der Waals surface area contributed by atoms with Crippen LogP contribution in [0.2, 0.25) is 6.04 Å². The Morgan fingerprint density at radius 1 is 1.35 bits per heavy atom. The van der Waals surface area contributed by atoms with Crippen molar-refractivity contribution in [3.8, 4) is 0 Å². The molecule has 0 aliphatic heterocycles. The smallest absolute Gasteiger partial charge is 0.330 e. The van der Waals surface area contributed by atoms with Crippen molar-refractivity contribution in [2.24, 2.45) is 0 Å². The highest BCUT2D eigenvalue weighted by molar-refractivity contribution is 6.36. The van der Waals surface area contributed by atoms with Crippen LogP contribution in [0.5, 0.6) is 0 Å². The van der Waals surface area contributed by atoms with Gasteiger partial charge in [-0.15, -0.1) is 0 Å². The second-order valence-corrected chi connectivity index (χ2v) is 5.25. The van der Waals surface area contributed by atoms with Crippen molar-refractivity contribution in [1.82, 2.24) is 0 Å². The van der Waals surface area contributed by atoms with E-state index in [2.05, 4.69) is 6.58 Å². The number of hydrogen-bond donors (Lipinski definition) is 0. The van der Waals surface area contributed by atoms with Gasteiger partial charge in [0.2, 0.25) is 6.05 Å². The largest absolute Gasteiger partial charge is 0.460 e. The molecule has 0 aromatic rings. The molecule has 0 aliphatic carbocycles. The molecule has 0 fully saturated rings. The molecule has 0 heterocycles. The van der Waals surface area contributed by atoms with Gasteiger partial charge in [0, 0.05) is 6.08 Å². The molecule has 5 heteroatoms. The molecule has 1 unspecified atom stereocenters. The van der Waals surface area contributed by atoms with E-state index in [-0.39, 0.29) is 15.6 Å². The van der Waals surface area contributed by atoms with Crippen molar-refractivity contribution in [1.29, 1.82) is 0 Å². The van der Waals surface area contributed by atoms with Crippen LogP contribution in [0, 0.1) is 0 Å². The molecule has 0 spiro atoms. The summed E-state index contributed by atoms with van der Waals surface area (Å²) >= 11 is 0. The lowest BCUT2D eigenvalue weighted by atomic mass is 10.1. The molecular formula is C12H20F2O2Si. The van der Waals surface area contributed by atoms with Gasteiger partial charge in [0.25, 0.3) is 0 Å². The van der Waals surface area contributed by atoms with Gasteiger partial charge in [-0.2, -0.15) is 0 Å². The predicted octanol–water partition coefficient (Wildman–Crippen LogP) is 3.40. The van der Waals surface area contributed by atoms with E-state index in [1.165, 1.54) is 0 Å². The highest BCUT2D eigenvalue weighted by Crippen LogP contribution is 2.10. The third-order valence-corrected chi connectivity index (χ3v) is 3.27. The van der Waals surface area contributed by atoms with E-state index < -0.39 is 12.0 Å². The Kier molecular flexibility index (Phi) is 10.0. The molecular weight excluding hydrogens is 242 g/mol. The van der Waals surface area contributed by atoms with Gasteiger partial charge in [0.05, 0.1) is 6.10 Å². The van der Waals surface area contributed by atoms with Gasteiger partial charge in [-0.3, -0.25) is 0 Å². The van der Waals surface area contributed by atoms with Crippen LogP contribution in [0.1, 0.15) is 39.0 Å². The van der Waals surface area contributed by atoms with Crippen molar-refractivity contribution >= 4 is 15.5 Å². The molecule has 0 aromatic heterocycles. The third kappa shape index (κ3) is 11.5. The van der Waals surface area contributed by atoms with Gasteiger partial charge >= 0.3 is 5.97 Å². The van der Waals surface area contributed by atoms with E-state index in [0.717, 1.165) is 38.2 Å². The van der Waals surface area contributed by atoms with Crippen molar-refractivity contribution < 1.29 is 18.3 Å². The first-order valence-corrected chi connectivity index (χ1v) is 7.19. The fourth-order valence-electron chi connectivity index (χ4n) is 1.43. The molecule has 98 valence electrons. The quantitative estimate of drug-likeness (QED) is 0.261. The van der Waals surface area contributed by atoms with Crippen LogP contribution in [0.3, 0.4) is 0 Å². The molecule has 1 atom stereocenters. The van der Waals surface area contributed by atoms with E-state index in [1.807, 2.05) is 6.92 Å². The van der Waals surface area contributed by atoms with Crippen LogP contribution in [-0.4, -0.2) is 27.6 Å². The summed E-state index contributed by atoms with van der Waals surface area (Å²) in [6.45, 7) is 5.17. The number of rotatable bonds is 10. The lowest BCUT2D eigenvalue weighted by molar-refractivity contribution is -0.142. The zero-order chi connectivity index (χ0) is 13.1. The summed E-state index contributed by atoms with van der Waals surface area (Å²) in [6.07, 6.45) is 5.68. The van der Waals surface area contributed by atoms with Gasteiger partial charge in [-0.05, 0) is 19.8 Å². The number of alkyl halides is 2. The van der Waals surface area contributed by atoms with Crippen molar-refractivity contribution in [3.05, 3.63) is 12.7 Å². The van der Waals surface area contributed by atoms with Crippen LogP contribution in [0.15, 0.2) is 12.7 Å². The Hall–Kier alpha value is -0.713. The minimum atomic E-state index is -2.15. The van der Waals surface area contributed by atoms with Crippen LogP contribution in [-0.2, 0) is 9.53 Å². The van der Waals surface area contributed by atoms with E-state index in [4.69, 9.17) is 4.74 Å². The average Bonchev–Trinajstić information content (AvgIpc) is 2.27. The number of unbranched alkanes of at least 4 members (excludes halogenated alkanes) is 3. The van der Waals surface area contributed by atoms with Gasteiger partial charge in [-0.25, -0.2) is 13.6 Å². The summed E-state index contributed by atoms with van der Waals surface area (Å²) in [6, 6.07) is -1.52. The zero-order valence-corrected chi connectivity index (χ0v) is 11.3. The first-order chi connectivity index (χ1) is 8.06. The van der Waals surface area contributed by atoms with Gasteiger partial charge in [0.1, 0.15) is 9.52 Å². The molecule has 2 nitrogen and oxygen atoms in total. The average molecular weight is 262 g/mol. The highest BCUT2D eigenvalue weighted by Gasteiger charge is 2.06. The maximum atomic E-state index is 11.8. The fourth-order valence-corrected chi connectivity index (χ4v) is 2.10. The van der Waals surface area contributed by atoms with Gasteiger partial charge < -0.3 is 4.74 Å². The molecule has 0 rings (SSSR count). The lowest BCUT2D eigenvalue weighted by Crippen LogP contribution is -2.12. The summed E-state index contributed by atoms with van der Waals surface area (Å²) < 4.78 is 28.7. The van der Waals surface area contributed by atoms with Crippen LogP contribution in [0.25, 0.3) is 0 Å². The Labute approximate surface area is 104 Å². The number of halogens is 2. The minimum Gasteiger partial charge on any atom is -0.460 e. The molecule has 0 N–H and O–H groups in total. The minimum absolute atomic E-state index is 0.0940. The summed E-state index contributed by atoms with van der Waals surface area (Å²) in [5, 5.41) is 0. The fraction of sp³-hybridized carbons (Fsp3) is 0.750. The van der Waals surface area contributed by atoms with Crippen LogP contribution in [0.4, 0.5) is 8.78 Å². The van der Waals surface area contributed by atoms with Gasteiger partial charge in [0.15, 0.2) is 0 Å². The maximum absolute atomic E-state index is 11.8. The molecule has 0 saturated heterocycles. The van der Waals surface area contributed by atoms with Crippen molar-refractivity contribution in [2.75, 3.05) is 0 Å². The number of carbonyl (C=O) groups excluding carboxylic acids is 1. The second-order valence-electron chi connectivity index (χ2n) is 3.91. The topological polar surface area (TPSA) is 26.3 Å². The SMILES string of the molecule is C=CC(=O)OC(C)CCCCCC[Si]C(F)F. The molecule has 0 bridgehead atoms. The van der Waals surface area contributed by atoms with Crippen molar-refractivity contribution in [2.45, 2.75) is 57.2 Å². The first kappa shape index (κ1) is 16.3. The highest BCUT2D eigenvalue weighted by atomic mass is 28.2. The molecule has 2 radical (unpaired) electrons. The zero-order valence-electron chi connectivity index (χ0n) is 10.3. The molecule has 0 saturated carbocycles. The summed E-state index contributed by atoms with van der Waals surface area (Å²) in [5.41, 5.74) is 0. The first-order valence-electron chi connectivity index (χ1n) is 5.91. The van der Waals surface area contributed by atoms with E-state index in [9.17, 15) is 13.6 Å². The summed E-state index contributed by atoms with van der Waals surface area (Å²) in [4.78, 5) is 10.8. The van der Waals surface area contributed by atoms with Crippen molar-refractivity contribution in [3.63, 3.8) is 0 Å². The number of ether oxygens (including phenoxy) is 1. The Balaban J connectivity index is 3.27. The lowest BCUT2D eigenvalue weighted by Gasteiger charge is -2.11. The Bertz CT molecular complexity index is 223. The second kappa shape index (κ2) is 10.4. The number of carbonyl (C=O) groups is 1. The van der Waals surface area contributed by atoms with Crippen LogP contribution < -0.4 is 0 Å². The third-order valence-electron chi connectivity index (χ3n) is 2.32. The summed E-state index contributed by atoms with van der Waals surface area (Å²) in [7, 11) is -0.221. The molecule has 17 heavy (non-hydrogen) atoms. The molecule has 0 aromatic carbocycles. The van der Waals surface area contributed by atoms with E-state index in [0.29, 0.717) is 6.04 Å².